The fraction of sp³-hybridized carbons (Fsp3) is 0.385. The Hall–Kier alpha value is -1.39. The lowest BCUT2D eigenvalue weighted by Gasteiger charge is -1.94. The van der Waals surface area contributed by atoms with Gasteiger partial charge in [-0.1, -0.05) is 32.6 Å². The highest BCUT2D eigenvalue weighted by Crippen LogP contribution is 1.86. The van der Waals surface area contributed by atoms with E-state index in [-0.39, 0.29) is 11.4 Å². The van der Waals surface area contributed by atoms with Crippen molar-refractivity contribution < 1.29 is 5.11 Å². The van der Waals surface area contributed by atoms with Gasteiger partial charge in [0.1, 0.15) is 5.82 Å². The van der Waals surface area contributed by atoms with E-state index in [1.807, 2.05) is 20.8 Å². The van der Waals surface area contributed by atoms with Crippen LogP contribution in [0.25, 0.3) is 12.2 Å². The fourth-order valence-electron chi connectivity index (χ4n) is 1.11. The van der Waals surface area contributed by atoms with E-state index in [4.69, 9.17) is 16.7 Å². The Balaban J connectivity index is 0. The summed E-state index contributed by atoms with van der Waals surface area (Å²) in [5, 5.41) is 8.14. The van der Waals surface area contributed by atoms with Gasteiger partial charge in [-0.3, -0.25) is 4.79 Å². The number of hydrogen-bond acceptors (Lipinski definition) is 3. The third kappa shape index (κ3) is 5.80. The third-order valence-electron chi connectivity index (χ3n) is 1.72. The number of nitrogens with zero attached hydrogens (tertiary/aromatic N) is 1. The Bertz CT molecular complexity index is 507. The van der Waals surface area contributed by atoms with Crippen molar-refractivity contribution in [2.24, 2.45) is 0 Å². The molecular formula is C13H21ClN2O2. The molecule has 0 bridgehead atoms. The van der Waals surface area contributed by atoms with Crippen LogP contribution in [0.4, 0.5) is 0 Å². The van der Waals surface area contributed by atoms with Gasteiger partial charge < -0.3 is 10.1 Å². The van der Waals surface area contributed by atoms with Crippen LogP contribution in [-0.2, 0) is 5.88 Å². The Kier molecular flexibility index (Phi) is 12.7. The highest BCUT2D eigenvalue weighted by atomic mass is 35.5. The van der Waals surface area contributed by atoms with Crippen LogP contribution in [0, 0.1) is 0 Å². The van der Waals surface area contributed by atoms with Crippen LogP contribution >= 0.6 is 11.6 Å². The van der Waals surface area contributed by atoms with Gasteiger partial charge in [-0.25, -0.2) is 4.98 Å². The number of aromatic amines is 1. The van der Waals surface area contributed by atoms with Gasteiger partial charge in [0.05, 0.1) is 16.4 Å². The Morgan fingerprint density at radius 3 is 2.39 bits per heavy atom. The minimum atomic E-state index is -0.191. The first-order valence-corrected chi connectivity index (χ1v) is 6.15. The van der Waals surface area contributed by atoms with Gasteiger partial charge in [0.15, 0.2) is 0 Å². The third-order valence-corrected chi connectivity index (χ3v) is 1.97. The van der Waals surface area contributed by atoms with Crippen molar-refractivity contribution in [1.82, 2.24) is 9.97 Å². The molecule has 0 saturated carbocycles. The van der Waals surface area contributed by atoms with Crippen LogP contribution in [0.3, 0.4) is 0 Å². The zero-order valence-electron chi connectivity index (χ0n) is 11.3. The minimum Gasteiger partial charge on any atom is -0.400 e. The van der Waals surface area contributed by atoms with Crippen molar-refractivity contribution in [3.05, 3.63) is 39.4 Å². The van der Waals surface area contributed by atoms with E-state index in [0.717, 1.165) is 7.11 Å². The van der Waals surface area contributed by atoms with Crippen LogP contribution < -0.4 is 16.1 Å². The number of H-pyrrole nitrogens is 1. The molecule has 0 saturated heterocycles. The number of nitrogens with one attached hydrogen (secondary N) is 1. The molecule has 1 rings (SSSR count). The summed E-state index contributed by atoms with van der Waals surface area (Å²) in [6.07, 6.45) is 4.94. The Morgan fingerprint density at radius 2 is 2.00 bits per heavy atom. The molecule has 0 aliphatic carbocycles. The standard InChI is InChI=1S/C10H11ClN2O.C2H6.CH4O/c1-3-5-7-8(4-2)12-9(6-11)13-10(7)14;2*1-2/h3-5H,1,6H2,2H3,(H,12,13,14);1-2H3;2H,1H3/b7-5+,8-4+;;. The molecule has 2 N–H and O–H groups in total. The predicted octanol–water partition coefficient (Wildman–Crippen LogP) is 0.910. The molecule has 1 aromatic heterocycles. The second-order valence-electron chi connectivity index (χ2n) is 2.64. The smallest absolute Gasteiger partial charge is 0.258 e. The average molecular weight is 273 g/mol. The molecule has 0 atom stereocenters. The average Bonchev–Trinajstić information content (AvgIpc) is 2.45. The topological polar surface area (TPSA) is 66.0 Å². The summed E-state index contributed by atoms with van der Waals surface area (Å²) >= 11 is 5.58. The van der Waals surface area contributed by atoms with Gasteiger partial charge in [0, 0.05) is 7.11 Å². The van der Waals surface area contributed by atoms with Gasteiger partial charge in [0.2, 0.25) is 0 Å². The molecule has 18 heavy (non-hydrogen) atoms. The number of aliphatic hydroxyl groups excluding tert-OH is 1. The van der Waals surface area contributed by atoms with Gasteiger partial charge in [-0.05, 0) is 13.0 Å². The van der Waals surface area contributed by atoms with Gasteiger partial charge in [-0.15, -0.1) is 11.6 Å². The molecule has 102 valence electrons. The van der Waals surface area contributed by atoms with E-state index in [1.165, 1.54) is 0 Å². The maximum atomic E-state index is 11.5. The second kappa shape index (κ2) is 12.1. The van der Waals surface area contributed by atoms with E-state index < -0.39 is 0 Å². The van der Waals surface area contributed by atoms with E-state index in [1.54, 1.807) is 18.2 Å². The molecule has 4 nitrogen and oxygen atoms in total. The van der Waals surface area contributed by atoms with Crippen LogP contribution in [0.5, 0.6) is 0 Å². The van der Waals surface area contributed by atoms with Crippen molar-refractivity contribution in [2.75, 3.05) is 7.11 Å². The maximum Gasteiger partial charge on any atom is 0.258 e. The Morgan fingerprint density at radius 1 is 1.44 bits per heavy atom. The van der Waals surface area contributed by atoms with Crippen LogP contribution in [0.15, 0.2) is 17.4 Å². The largest absolute Gasteiger partial charge is 0.400 e. The summed E-state index contributed by atoms with van der Waals surface area (Å²) in [6.45, 7) is 9.36. The monoisotopic (exact) mass is 272 g/mol. The van der Waals surface area contributed by atoms with Crippen molar-refractivity contribution >= 4 is 23.8 Å². The first-order valence-electron chi connectivity index (χ1n) is 5.62. The molecule has 0 fully saturated rings. The molecule has 0 aliphatic heterocycles. The number of halogens is 1. The molecule has 1 heterocycles. The lowest BCUT2D eigenvalue weighted by atomic mass is 10.3. The summed E-state index contributed by atoms with van der Waals surface area (Å²) in [5.74, 6) is 0.677. The van der Waals surface area contributed by atoms with Gasteiger partial charge in [-0.2, -0.15) is 0 Å². The highest BCUT2D eigenvalue weighted by Gasteiger charge is 1.96. The molecule has 0 aliphatic rings. The summed E-state index contributed by atoms with van der Waals surface area (Å²) in [6, 6.07) is 0. The first-order chi connectivity index (χ1) is 8.72. The van der Waals surface area contributed by atoms with E-state index in [9.17, 15) is 4.79 Å². The quantitative estimate of drug-likeness (QED) is 0.787. The molecular weight excluding hydrogens is 252 g/mol. The summed E-state index contributed by atoms with van der Waals surface area (Å²) < 4.78 is 0. The summed E-state index contributed by atoms with van der Waals surface area (Å²) in [7, 11) is 1.00. The van der Waals surface area contributed by atoms with Crippen molar-refractivity contribution in [3.63, 3.8) is 0 Å². The highest BCUT2D eigenvalue weighted by molar-refractivity contribution is 6.16. The number of aromatic nitrogens is 2. The fourth-order valence-corrected chi connectivity index (χ4v) is 1.24. The number of allylic oxidation sites excluding steroid dienone is 1. The number of alkyl halides is 1. The number of aliphatic hydroxyl groups is 1. The predicted molar refractivity (Wildman–Crippen MR) is 78.0 cm³/mol. The normalized spacial score (nSPS) is 11.0. The van der Waals surface area contributed by atoms with E-state index >= 15 is 0 Å². The molecule has 1 aromatic rings. The number of hydrogen-bond donors (Lipinski definition) is 2. The van der Waals surface area contributed by atoms with Crippen LogP contribution in [-0.4, -0.2) is 22.2 Å². The van der Waals surface area contributed by atoms with Gasteiger partial charge >= 0.3 is 0 Å². The van der Waals surface area contributed by atoms with Crippen molar-refractivity contribution in [2.45, 2.75) is 26.7 Å². The number of rotatable bonds is 2. The lowest BCUT2D eigenvalue weighted by molar-refractivity contribution is 0.399. The lowest BCUT2D eigenvalue weighted by Crippen LogP contribution is -2.43. The summed E-state index contributed by atoms with van der Waals surface area (Å²) in [4.78, 5) is 18.3. The zero-order valence-corrected chi connectivity index (χ0v) is 12.1. The molecule has 0 amide bonds. The first kappa shape index (κ1) is 19.0. The van der Waals surface area contributed by atoms with Crippen molar-refractivity contribution in [1.29, 1.82) is 0 Å². The van der Waals surface area contributed by atoms with Crippen LogP contribution in [0.1, 0.15) is 26.6 Å². The maximum absolute atomic E-state index is 11.5. The van der Waals surface area contributed by atoms with E-state index in [0.29, 0.717) is 16.4 Å². The minimum absolute atomic E-state index is 0.191. The Labute approximate surface area is 112 Å². The summed E-state index contributed by atoms with van der Waals surface area (Å²) in [5.41, 5.74) is -0.191. The SMILES string of the molecule is C=C/C=c1/c(=O)[nH]c(CCl)n/c1=C/C.CC.CO. The van der Waals surface area contributed by atoms with Crippen molar-refractivity contribution in [3.8, 4) is 0 Å². The molecule has 5 heteroatoms. The van der Waals surface area contributed by atoms with E-state index in [2.05, 4.69) is 16.5 Å². The molecule has 0 spiro atoms. The molecule has 0 radical (unpaired) electrons. The molecule has 0 unspecified atom stereocenters. The zero-order chi connectivity index (χ0) is 14.6. The van der Waals surface area contributed by atoms with Crippen LogP contribution in [0.2, 0.25) is 0 Å². The molecule has 0 aromatic carbocycles. The second-order valence-corrected chi connectivity index (χ2v) is 2.90. The van der Waals surface area contributed by atoms with Gasteiger partial charge in [0.25, 0.3) is 5.56 Å².